The van der Waals surface area contributed by atoms with Crippen molar-refractivity contribution in [3.63, 3.8) is 0 Å². The predicted molar refractivity (Wildman–Crippen MR) is 202 cm³/mol. The van der Waals surface area contributed by atoms with Gasteiger partial charge in [0.1, 0.15) is 0 Å². The molecule has 0 unspecified atom stereocenters. The van der Waals surface area contributed by atoms with Gasteiger partial charge in [-0.25, -0.2) is 0 Å². The van der Waals surface area contributed by atoms with Crippen molar-refractivity contribution in [2.75, 3.05) is 0 Å². The third-order valence-corrected chi connectivity index (χ3v) is 13.4. The molecular weight excluding hydrogens is 826 g/mol. The van der Waals surface area contributed by atoms with E-state index in [1.54, 1.807) is 24.3 Å². The van der Waals surface area contributed by atoms with Crippen molar-refractivity contribution in [1.29, 1.82) is 0 Å². The first-order valence-electron chi connectivity index (χ1n) is 14.3. The van der Waals surface area contributed by atoms with Crippen LogP contribution >= 0.6 is 35.2 Å². The van der Waals surface area contributed by atoms with Crippen LogP contribution in [0.5, 0.6) is 0 Å². The van der Waals surface area contributed by atoms with Crippen LogP contribution in [0.2, 0.25) is 0 Å². The van der Waals surface area contributed by atoms with Crippen LogP contribution in [-0.4, -0.2) is 25.9 Å². The normalized spacial score (nSPS) is 11.3. The summed E-state index contributed by atoms with van der Waals surface area (Å²) >= 11 is -0.346. The Kier molecular flexibility index (Phi) is 15.1. The Morgan fingerprint density at radius 1 is 0.388 bits per heavy atom. The van der Waals surface area contributed by atoms with E-state index in [4.69, 9.17) is 19.4 Å². The Hall–Kier alpha value is -2.80. The minimum absolute atomic E-state index is 0.0747. The first kappa shape index (κ1) is 39.0. The van der Waals surface area contributed by atoms with Gasteiger partial charge in [0.05, 0.1) is 9.79 Å². The first-order chi connectivity index (χ1) is 23.5. The Labute approximate surface area is 305 Å². The summed E-state index contributed by atoms with van der Waals surface area (Å²) in [7, 11) is -0.488. The Bertz CT molecular complexity index is 1900. The summed E-state index contributed by atoms with van der Waals surface area (Å²) in [6.07, 6.45) is 0. The van der Waals surface area contributed by atoms with Gasteiger partial charge in [0.2, 0.25) is 0 Å². The molecule has 0 saturated heterocycles. The molecule has 0 aliphatic carbocycles. The number of benzene rings is 6. The molecule has 0 aromatic heterocycles. The molecule has 0 spiro atoms. The topological polar surface area (TPSA) is 109 Å². The van der Waals surface area contributed by atoms with E-state index in [-0.39, 0.29) is 24.9 Å². The summed E-state index contributed by atoms with van der Waals surface area (Å²) in [5.74, 6) is 0. The van der Waals surface area contributed by atoms with Crippen molar-refractivity contribution in [2.24, 2.45) is 0 Å². The van der Waals surface area contributed by atoms with Gasteiger partial charge in [-0.05, 0) is 71.9 Å². The first-order valence-corrected chi connectivity index (χ1v) is 24.4. The van der Waals surface area contributed by atoms with Gasteiger partial charge >= 0.3 is 34.5 Å². The summed E-state index contributed by atoms with van der Waals surface area (Å²) in [6.45, 7) is 0. The van der Waals surface area contributed by atoms with E-state index in [0.717, 1.165) is 31.8 Å². The number of rotatable bonds is 8. The van der Waals surface area contributed by atoms with E-state index in [2.05, 4.69) is 0 Å². The maximum absolute atomic E-state index is 11.4. The molecule has 6 aromatic rings. The molecule has 0 aliphatic heterocycles. The van der Waals surface area contributed by atoms with Crippen LogP contribution in [0.25, 0.3) is 0 Å². The van der Waals surface area contributed by atoms with Crippen LogP contribution in [0.3, 0.4) is 0 Å². The second-order valence-electron chi connectivity index (χ2n) is 10.0. The fourth-order valence-electron chi connectivity index (χ4n) is 4.77. The van der Waals surface area contributed by atoms with E-state index < -0.39 is 36.1 Å². The van der Waals surface area contributed by atoms with Gasteiger partial charge in [-0.3, -0.25) is 9.11 Å². The zero-order chi connectivity index (χ0) is 35.3. The van der Waals surface area contributed by atoms with Gasteiger partial charge in [-0.15, -0.1) is 0 Å². The van der Waals surface area contributed by atoms with E-state index in [1.807, 2.05) is 133 Å². The van der Waals surface area contributed by atoms with Crippen LogP contribution in [0.15, 0.2) is 180 Å². The molecule has 0 radical (unpaired) electrons. The van der Waals surface area contributed by atoms with E-state index in [1.165, 1.54) is 12.1 Å². The van der Waals surface area contributed by atoms with E-state index in [0.29, 0.717) is 0 Å². The third kappa shape index (κ3) is 11.6. The summed E-state index contributed by atoms with van der Waals surface area (Å²) in [4.78, 5) is -0.149. The summed E-state index contributed by atoms with van der Waals surface area (Å²) in [5.41, 5.74) is 0. The van der Waals surface area contributed by atoms with Crippen molar-refractivity contribution < 1.29 is 41.1 Å². The van der Waals surface area contributed by atoms with Crippen molar-refractivity contribution in [2.45, 2.75) is 9.79 Å². The molecule has 0 bridgehead atoms. The van der Waals surface area contributed by atoms with Crippen LogP contribution in [-0.2, 0) is 35.4 Å². The maximum atomic E-state index is 11.4. The van der Waals surface area contributed by atoms with Gasteiger partial charge in [0.15, 0.2) is 0 Å². The van der Waals surface area contributed by atoms with Crippen LogP contribution in [0.1, 0.15) is 0 Å². The second-order valence-corrected chi connectivity index (χ2v) is 19.9. The van der Waals surface area contributed by atoms with Crippen LogP contribution in [0, 0.1) is 0 Å². The summed E-state index contributed by atoms with van der Waals surface area (Å²) in [6, 6.07) is 53.0. The molecule has 0 aliphatic rings. The molecule has 0 saturated carbocycles. The monoisotopic (exact) mass is 856 g/mol. The molecule has 254 valence electrons. The van der Waals surface area contributed by atoms with Crippen molar-refractivity contribution >= 4 is 87.3 Å². The SMILES string of the molecule is O=S(=O)(O)c1cccc(P(c2ccccc2)c2ccccc2)c1.O=S(=O)(O)c1cccc(P(c2ccccc2)c2ccccc2)c1.[Cl][Ru][Cl]. The fraction of sp³-hybridized carbons (Fsp3) is 0. The Morgan fingerprint density at radius 3 is 0.837 bits per heavy atom. The van der Waals surface area contributed by atoms with Crippen molar-refractivity contribution in [1.82, 2.24) is 0 Å². The van der Waals surface area contributed by atoms with Gasteiger partial charge in [-0.1, -0.05) is 146 Å². The predicted octanol–water partition coefficient (Wildman–Crippen LogP) is 6.76. The Morgan fingerprint density at radius 2 is 0.612 bits per heavy atom. The fourth-order valence-corrected chi connectivity index (χ4v) is 10.7. The molecule has 0 amide bonds. The van der Waals surface area contributed by atoms with Crippen molar-refractivity contribution in [3.8, 4) is 0 Å². The molecule has 6 aromatic carbocycles. The zero-order valence-corrected chi connectivity index (χ0v) is 32.2. The Balaban J connectivity index is 0.000000205. The molecule has 2 N–H and O–H groups in total. The van der Waals surface area contributed by atoms with E-state index in [9.17, 15) is 25.9 Å². The number of hydrogen-bond donors (Lipinski definition) is 2. The molecule has 0 fully saturated rings. The summed E-state index contributed by atoms with van der Waals surface area (Å²) in [5, 5.41) is 6.27. The molecule has 0 atom stereocenters. The van der Waals surface area contributed by atoms with Gasteiger partial charge in [-0.2, -0.15) is 16.8 Å². The van der Waals surface area contributed by atoms with Crippen molar-refractivity contribution in [3.05, 3.63) is 170 Å². The standard InChI is InChI=1S/2C18H15O3PS.2ClH.Ru/c2*19-23(20,21)18-13-7-12-17(14-18)22(15-8-3-1-4-9-15)16-10-5-2-6-11-16;;;/h2*1-14H,(H,19,20,21);2*1H;/q;;;;+2/p-2. The minimum atomic E-state index is -4.21. The van der Waals surface area contributed by atoms with Gasteiger partial charge in [0, 0.05) is 0 Å². The van der Waals surface area contributed by atoms with Crippen LogP contribution in [0.4, 0.5) is 0 Å². The third-order valence-electron chi connectivity index (χ3n) is 6.80. The zero-order valence-electron chi connectivity index (χ0n) is 25.5. The molecule has 0 heterocycles. The molecule has 6 rings (SSSR count). The summed E-state index contributed by atoms with van der Waals surface area (Å²) < 4.78 is 64.4. The quantitative estimate of drug-likeness (QED) is 0.0997. The average molecular weight is 857 g/mol. The molecule has 13 heteroatoms. The van der Waals surface area contributed by atoms with Gasteiger partial charge in [0.25, 0.3) is 20.2 Å². The number of halogens is 2. The molecule has 49 heavy (non-hydrogen) atoms. The molecular formula is C36H30Cl2O6P2RuS2. The second kappa shape index (κ2) is 19.0. The van der Waals surface area contributed by atoms with Crippen LogP contribution < -0.4 is 31.8 Å². The van der Waals surface area contributed by atoms with Gasteiger partial charge < -0.3 is 0 Å². The number of hydrogen-bond acceptors (Lipinski definition) is 4. The molecule has 6 nitrogen and oxygen atoms in total. The van der Waals surface area contributed by atoms with E-state index >= 15 is 0 Å². The average Bonchev–Trinajstić information content (AvgIpc) is 3.11.